The first-order chi connectivity index (χ1) is 8.66. The highest BCUT2D eigenvalue weighted by atomic mass is 35.5. The van der Waals surface area contributed by atoms with Gasteiger partial charge in [-0.25, -0.2) is 9.97 Å². The first-order valence-corrected chi connectivity index (χ1v) is 6.01. The van der Waals surface area contributed by atoms with Crippen LogP contribution in [-0.2, 0) is 0 Å². The van der Waals surface area contributed by atoms with Crippen LogP contribution >= 0.6 is 11.6 Å². The molecule has 0 aliphatic rings. The summed E-state index contributed by atoms with van der Waals surface area (Å²) in [5.41, 5.74) is 3.57. The fraction of sp³-hybridized carbons (Fsp3) is 0.143. The van der Waals surface area contributed by atoms with Crippen molar-refractivity contribution in [3.8, 4) is 11.5 Å². The van der Waals surface area contributed by atoms with Gasteiger partial charge in [0.1, 0.15) is 22.8 Å². The van der Waals surface area contributed by atoms with Gasteiger partial charge in [0.25, 0.3) is 0 Å². The fourth-order valence-electron chi connectivity index (χ4n) is 2.00. The topological polar surface area (TPSA) is 38.9 Å². The standard InChI is InChI=1S/C14H11ClN2O/c1-8-4-3-5-10-6-11(18-13(8)10)12-9(2)14(15)17-7-16-12/h3-7H,1-2H3. The second-order valence-corrected chi connectivity index (χ2v) is 4.60. The molecule has 0 radical (unpaired) electrons. The normalized spacial score (nSPS) is 11.1. The minimum Gasteiger partial charge on any atom is -0.454 e. The Labute approximate surface area is 109 Å². The van der Waals surface area contributed by atoms with Crippen molar-refractivity contribution in [2.24, 2.45) is 0 Å². The van der Waals surface area contributed by atoms with Crippen molar-refractivity contribution in [1.82, 2.24) is 9.97 Å². The summed E-state index contributed by atoms with van der Waals surface area (Å²) in [6, 6.07) is 8.04. The highest BCUT2D eigenvalue weighted by Gasteiger charge is 2.13. The van der Waals surface area contributed by atoms with Crippen LogP contribution in [0.15, 0.2) is 35.0 Å². The monoisotopic (exact) mass is 258 g/mol. The summed E-state index contributed by atoms with van der Waals surface area (Å²) in [5.74, 6) is 0.723. The molecule has 0 atom stereocenters. The SMILES string of the molecule is Cc1c(Cl)ncnc1-c1cc2cccc(C)c2o1. The van der Waals surface area contributed by atoms with Gasteiger partial charge in [0.05, 0.1) is 0 Å². The van der Waals surface area contributed by atoms with E-state index in [1.165, 1.54) is 6.33 Å². The van der Waals surface area contributed by atoms with Gasteiger partial charge in [0, 0.05) is 10.9 Å². The van der Waals surface area contributed by atoms with Crippen molar-refractivity contribution in [3.05, 3.63) is 46.9 Å². The lowest BCUT2D eigenvalue weighted by Crippen LogP contribution is -1.90. The van der Waals surface area contributed by atoms with Crippen LogP contribution in [0.3, 0.4) is 0 Å². The lowest BCUT2D eigenvalue weighted by Gasteiger charge is -2.01. The molecule has 0 bridgehead atoms. The smallest absolute Gasteiger partial charge is 0.154 e. The van der Waals surface area contributed by atoms with Gasteiger partial charge in [-0.05, 0) is 25.5 Å². The van der Waals surface area contributed by atoms with Crippen LogP contribution in [0.25, 0.3) is 22.4 Å². The number of aromatic nitrogens is 2. The summed E-state index contributed by atoms with van der Waals surface area (Å²) < 4.78 is 5.87. The van der Waals surface area contributed by atoms with E-state index in [-0.39, 0.29) is 0 Å². The predicted molar refractivity (Wildman–Crippen MR) is 71.7 cm³/mol. The van der Waals surface area contributed by atoms with E-state index in [9.17, 15) is 0 Å². The first-order valence-electron chi connectivity index (χ1n) is 5.63. The van der Waals surface area contributed by atoms with E-state index in [2.05, 4.69) is 9.97 Å². The summed E-state index contributed by atoms with van der Waals surface area (Å²) in [6.07, 6.45) is 1.45. The van der Waals surface area contributed by atoms with Crippen LogP contribution in [0.4, 0.5) is 0 Å². The van der Waals surface area contributed by atoms with Gasteiger partial charge in [-0.15, -0.1) is 0 Å². The third-order valence-corrected chi connectivity index (χ3v) is 3.38. The Kier molecular flexibility index (Phi) is 2.56. The molecule has 3 aromatic rings. The summed E-state index contributed by atoms with van der Waals surface area (Å²) in [4.78, 5) is 8.19. The summed E-state index contributed by atoms with van der Waals surface area (Å²) in [5, 5.41) is 1.52. The first kappa shape index (κ1) is 11.2. The minimum atomic E-state index is 0.456. The Hall–Kier alpha value is -1.87. The number of nitrogens with zero attached hydrogens (tertiary/aromatic N) is 2. The van der Waals surface area contributed by atoms with E-state index in [1.54, 1.807) is 0 Å². The van der Waals surface area contributed by atoms with E-state index in [4.69, 9.17) is 16.0 Å². The Bertz CT molecular complexity index is 734. The molecule has 2 heterocycles. The molecule has 18 heavy (non-hydrogen) atoms. The predicted octanol–water partition coefficient (Wildman–Crippen LogP) is 4.16. The van der Waals surface area contributed by atoms with Gasteiger partial charge in [-0.2, -0.15) is 0 Å². The number of fused-ring (bicyclic) bond motifs is 1. The molecular formula is C14H11ClN2O. The number of hydrogen-bond donors (Lipinski definition) is 0. The maximum Gasteiger partial charge on any atom is 0.154 e. The van der Waals surface area contributed by atoms with Crippen molar-refractivity contribution in [2.45, 2.75) is 13.8 Å². The molecule has 0 amide bonds. The molecule has 0 fully saturated rings. The number of hydrogen-bond acceptors (Lipinski definition) is 3. The van der Waals surface area contributed by atoms with Crippen LogP contribution in [0, 0.1) is 13.8 Å². The van der Waals surface area contributed by atoms with Gasteiger partial charge in [-0.1, -0.05) is 29.8 Å². The molecule has 90 valence electrons. The molecule has 3 nitrogen and oxygen atoms in total. The molecule has 0 aliphatic carbocycles. The third kappa shape index (κ3) is 1.68. The molecular weight excluding hydrogens is 248 g/mol. The maximum absolute atomic E-state index is 6.00. The van der Waals surface area contributed by atoms with Crippen LogP contribution in [0.2, 0.25) is 5.15 Å². The zero-order valence-electron chi connectivity index (χ0n) is 10.1. The number of para-hydroxylation sites is 1. The lowest BCUT2D eigenvalue weighted by molar-refractivity contribution is 0.625. The van der Waals surface area contributed by atoms with Crippen molar-refractivity contribution >= 4 is 22.6 Å². The molecule has 0 aliphatic heterocycles. The van der Waals surface area contributed by atoms with E-state index >= 15 is 0 Å². The molecule has 2 aromatic heterocycles. The number of rotatable bonds is 1. The molecule has 1 aromatic carbocycles. The van der Waals surface area contributed by atoms with Gasteiger partial charge >= 0.3 is 0 Å². The van der Waals surface area contributed by atoms with Crippen LogP contribution < -0.4 is 0 Å². The maximum atomic E-state index is 6.00. The number of benzene rings is 1. The third-order valence-electron chi connectivity index (χ3n) is 3.00. The van der Waals surface area contributed by atoms with Crippen molar-refractivity contribution in [2.75, 3.05) is 0 Å². The quantitative estimate of drug-likeness (QED) is 0.615. The molecule has 3 rings (SSSR count). The van der Waals surface area contributed by atoms with E-state index < -0.39 is 0 Å². The minimum absolute atomic E-state index is 0.456. The average molecular weight is 259 g/mol. The zero-order valence-corrected chi connectivity index (χ0v) is 10.8. The highest BCUT2D eigenvalue weighted by molar-refractivity contribution is 6.30. The molecule has 0 spiro atoms. The summed E-state index contributed by atoms with van der Waals surface area (Å²) in [7, 11) is 0. The van der Waals surface area contributed by atoms with Crippen LogP contribution in [0.5, 0.6) is 0 Å². The Morgan fingerprint density at radius 2 is 2.00 bits per heavy atom. The Balaban J connectivity index is 2.26. The van der Waals surface area contributed by atoms with Crippen molar-refractivity contribution < 1.29 is 4.42 Å². The second kappa shape index (κ2) is 4.10. The van der Waals surface area contributed by atoms with Crippen LogP contribution in [0.1, 0.15) is 11.1 Å². The average Bonchev–Trinajstić information content (AvgIpc) is 2.78. The lowest BCUT2D eigenvalue weighted by atomic mass is 10.1. The molecule has 0 saturated heterocycles. The number of halogens is 1. The van der Waals surface area contributed by atoms with Gasteiger partial charge in [0.2, 0.25) is 0 Å². The van der Waals surface area contributed by atoms with Crippen LogP contribution in [-0.4, -0.2) is 9.97 Å². The molecule has 0 unspecified atom stereocenters. The largest absolute Gasteiger partial charge is 0.454 e. The van der Waals surface area contributed by atoms with Gasteiger partial charge in [0.15, 0.2) is 5.76 Å². The fourth-order valence-corrected chi connectivity index (χ4v) is 2.14. The summed E-state index contributed by atoms with van der Waals surface area (Å²) >= 11 is 6.00. The van der Waals surface area contributed by atoms with Crippen molar-refractivity contribution in [3.63, 3.8) is 0 Å². The molecule has 0 N–H and O–H groups in total. The van der Waals surface area contributed by atoms with Gasteiger partial charge in [-0.3, -0.25) is 0 Å². The molecule has 0 saturated carbocycles. The highest BCUT2D eigenvalue weighted by Crippen LogP contribution is 2.31. The van der Waals surface area contributed by atoms with Crippen molar-refractivity contribution in [1.29, 1.82) is 0 Å². The Morgan fingerprint density at radius 1 is 1.17 bits per heavy atom. The zero-order chi connectivity index (χ0) is 12.7. The number of aryl methyl sites for hydroxylation is 1. The second-order valence-electron chi connectivity index (χ2n) is 4.24. The van der Waals surface area contributed by atoms with E-state index in [1.807, 2.05) is 38.1 Å². The van der Waals surface area contributed by atoms with E-state index in [0.717, 1.165) is 33.6 Å². The molecule has 4 heteroatoms. The Morgan fingerprint density at radius 3 is 2.78 bits per heavy atom. The van der Waals surface area contributed by atoms with E-state index in [0.29, 0.717) is 5.15 Å². The van der Waals surface area contributed by atoms with Gasteiger partial charge < -0.3 is 4.42 Å². The number of furan rings is 1. The summed E-state index contributed by atoms with van der Waals surface area (Å²) in [6.45, 7) is 3.91.